The highest BCUT2D eigenvalue weighted by Crippen LogP contribution is 2.18. The van der Waals surface area contributed by atoms with Gasteiger partial charge in [0, 0.05) is 34.6 Å². The van der Waals surface area contributed by atoms with Crippen LogP contribution in [-0.2, 0) is 17.8 Å². The first-order valence-corrected chi connectivity index (χ1v) is 8.82. The van der Waals surface area contributed by atoms with E-state index in [2.05, 4.69) is 15.9 Å². The van der Waals surface area contributed by atoms with Crippen LogP contribution in [0.5, 0.6) is 0 Å². The van der Waals surface area contributed by atoms with Crippen molar-refractivity contribution in [1.29, 1.82) is 0 Å². The summed E-state index contributed by atoms with van der Waals surface area (Å²) in [6.45, 7) is 2.28. The molecule has 0 aliphatic carbocycles. The number of carboxylic acid groups (broad SMARTS) is 1. The molecule has 0 unspecified atom stereocenters. The number of pyridine rings is 1. The molecule has 5 heteroatoms. The molecular formula is C20H18BrNO3. The Hall–Kier alpha value is -2.40. The molecule has 3 aromatic rings. The highest BCUT2D eigenvalue weighted by Gasteiger charge is 2.11. The third kappa shape index (κ3) is 3.99. The lowest BCUT2D eigenvalue weighted by Gasteiger charge is -2.13. The molecule has 0 fully saturated rings. The van der Waals surface area contributed by atoms with Crippen LogP contribution in [-0.4, -0.2) is 15.6 Å². The van der Waals surface area contributed by atoms with Crippen molar-refractivity contribution in [2.75, 3.05) is 0 Å². The summed E-state index contributed by atoms with van der Waals surface area (Å²) < 4.78 is 2.86. The van der Waals surface area contributed by atoms with E-state index < -0.39 is 5.97 Å². The average molecular weight is 400 g/mol. The lowest BCUT2D eigenvalue weighted by Crippen LogP contribution is -2.16. The van der Waals surface area contributed by atoms with Crippen molar-refractivity contribution in [1.82, 2.24) is 4.57 Å². The van der Waals surface area contributed by atoms with E-state index in [9.17, 15) is 9.59 Å². The smallest absolute Gasteiger partial charge is 0.305 e. The number of rotatable bonds is 5. The fraction of sp³-hybridized carbons (Fsp3) is 0.200. The number of aliphatic carboxylic acids is 1. The van der Waals surface area contributed by atoms with Gasteiger partial charge in [0.05, 0.1) is 11.9 Å². The van der Waals surface area contributed by atoms with Crippen LogP contribution in [0.3, 0.4) is 0 Å². The lowest BCUT2D eigenvalue weighted by molar-refractivity contribution is -0.137. The Kier molecular flexibility index (Phi) is 5.04. The van der Waals surface area contributed by atoms with Crippen LogP contribution in [0.1, 0.15) is 23.1 Å². The van der Waals surface area contributed by atoms with E-state index in [1.54, 1.807) is 6.20 Å². The van der Waals surface area contributed by atoms with Crippen molar-refractivity contribution in [3.63, 3.8) is 0 Å². The summed E-state index contributed by atoms with van der Waals surface area (Å²) >= 11 is 3.41. The third-order valence-electron chi connectivity index (χ3n) is 4.18. The summed E-state index contributed by atoms with van der Waals surface area (Å²) in [5.41, 5.74) is 3.50. The fourth-order valence-electron chi connectivity index (χ4n) is 2.92. The number of benzene rings is 2. The van der Waals surface area contributed by atoms with Crippen molar-refractivity contribution in [2.24, 2.45) is 0 Å². The van der Waals surface area contributed by atoms with Gasteiger partial charge in [0.1, 0.15) is 0 Å². The molecule has 25 heavy (non-hydrogen) atoms. The first-order valence-electron chi connectivity index (χ1n) is 8.03. The second kappa shape index (κ2) is 7.23. The molecule has 3 rings (SSSR count). The van der Waals surface area contributed by atoms with Crippen LogP contribution >= 0.6 is 15.9 Å². The van der Waals surface area contributed by atoms with Gasteiger partial charge in [0.2, 0.25) is 0 Å². The first-order chi connectivity index (χ1) is 11.9. The molecule has 0 radical (unpaired) electrons. The topological polar surface area (TPSA) is 59.3 Å². The predicted octanol–water partition coefficient (Wildman–Crippen LogP) is 4.14. The molecule has 0 aliphatic rings. The number of carboxylic acids is 1. The summed E-state index contributed by atoms with van der Waals surface area (Å²) in [6, 6.07) is 13.6. The number of carbonyl (C=O) groups is 1. The van der Waals surface area contributed by atoms with Crippen LogP contribution in [0.4, 0.5) is 0 Å². The Morgan fingerprint density at radius 1 is 1.16 bits per heavy atom. The van der Waals surface area contributed by atoms with Gasteiger partial charge in [-0.3, -0.25) is 9.59 Å². The number of aryl methyl sites for hydroxylation is 2. The van der Waals surface area contributed by atoms with Crippen molar-refractivity contribution < 1.29 is 9.90 Å². The van der Waals surface area contributed by atoms with E-state index in [1.165, 1.54) is 0 Å². The number of nitrogens with zero attached hydrogens (tertiary/aromatic N) is 1. The highest BCUT2D eigenvalue weighted by atomic mass is 79.9. The molecule has 1 aromatic heterocycles. The Morgan fingerprint density at radius 2 is 1.88 bits per heavy atom. The molecule has 0 aliphatic heterocycles. The lowest BCUT2D eigenvalue weighted by atomic mass is 10.0. The summed E-state index contributed by atoms with van der Waals surface area (Å²) in [5.74, 6) is -0.853. The summed E-state index contributed by atoms with van der Waals surface area (Å²) in [6.07, 6.45) is 2.33. The van der Waals surface area contributed by atoms with Gasteiger partial charge in [-0.2, -0.15) is 0 Å². The SMILES string of the molecule is Cc1ccc2c(c1)c(=O)c(Cc1ccc(Br)cc1)cn2CCC(=O)O. The Balaban J connectivity index is 2.10. The van der Waals surface area contributed by atoms with Crippen LogP contribution < -0.4 is 5.43 Å². The molecule has 1 N–H and O–H groups in total. The summed E-state index contributed by atoms with van der Waals surface area (Å²) in [5, 5.41) is 9.64. The van der Waals surface area contributed by atoms with Gasteiger partial charge in [-0.15, -0.1) is 0 Å². The minimum Gasteiger partial charge on any atom is -0.481 e. The molecule has 4 nitrogen and oxygen atoms in total. The molecule has 0 saturated heterocycles. The predicted molar refractivity (Wildman–Crippen MR) is 102 cm³/mol. The zero-order valence-electron chi connectivity index (χ0n) is 13.8. The maximum Gasteiger partial charge on any atom is 0.305 e. The van der Waals surface area contributed by atoms with Gasteiger partial charge in [0.15, 0.2) is 5.43 Å². The minimum absolute atomic E-state index is 0.00759. The summed E-state index contributed by atoms with van der Waals surface area (Å²) in [4.78, 5) is 23.9. The maximum absolute atomic E-state index is 12.9. The van der Waals surface area contributed by atoms with Crippen LogP contribution in [0.25, 0.3) is 10.9 Å². The molecule has 0 bridgehead atoms. The Morgan fingerprint density at radius 3 is 2.56 bits per heavy atom. The van der Waals surface area contributed by atoms with Crippen molar-refractivity contribution in [2.45, 2.75) is 26.3 Å². The molecule has 0 spiro atoms. The standard InChI is InChI=1S/C20H18BrNO3/c1-13-2-7-18-17(10-13)20(25)15(12-22(18)9-8-19(23)24)11-14-3-5-16(21)6-4-14/h2-7,10,12H,8-9,11H2,1H3,(H,23,24). The number of aromatic nitrogens is 1. The van der Waals surface area contributed by atoms with E-state index in [4.69, 9.17) is 5.11 Å². The van der Waals surface area contributed by atoms with E-state index in [1.807, 2.05) is 54.0 Å². The van der Waals surface area contributed by atoms with E-state index >= 15 is 0 Å². The molecule has 0 saturated carbocycles. The quantitative estimate of drug-likeness (QED) is 0.701. The van der Waals surface area contributed by atoms with E-state index in [0.717, 1.165) is 21.1 Å². The van der Waals surface area contributed by atoms with Crippen LogP contribution in [0.15, 0.2) is 57.9 Å². The van der Waals surface area contributed by atoms with Gasteiger partial charge in [-0.1, -0.05) is 39.7 Å². The third-order valence-corrected chi connectivity index (χ3v) is 4.71. The molecule has 2 aromatic carbocycles. The molecular weight excluding hydrogens is 382 g/mol. The molecule has 1 heterocycles. The second-order valence-corrected chi connectivity index (χ2v) is 7.06. The van der Waals surface area contributed by atoms with Gasteiger partial charge in [-0.25, -0.2) is 0 Å². The van der Waals surface area contributed by atoms with Crippen LogP contribution in [0.2, 0.25) is 0 Å². The second-order valence-electron chi connectivity index (χ2n) is 6.14. The summed E-state index contributed by atoms with van der Waals surface area (Å²) in [7, 11) is 0. The van der Waals surface area contributed by atoms with Crippen molar-refractivity contribution >= 4 is 32.8 Å². The van der Waals surface area contributed by atoms with Crippen molar-refractivity contribution in [3.8, 4) is 0 Å². The first kappa shape index (κ1) is 17.4. The average Bonchev–Trinajstić information content (AvgIpc) is 2.58. The molecule has 0 amide bonds. The largest absolute Gasteiger partial charge is 0.481 e. The fourth-order valence-corrected chi connectivity index (χ4v) is 3.18. The molecule has 128 valence electrons. The minimum atomic E-state index is -0.853. The monoisotopic (exact) mass is 399 g/mol. The van der Waals surface area contributed by atoms with Gasteiger partial charge in [0.25, 0.3) is 0 Å². The highest BCUT2D eigenvalue weighted by molar-refractivity contribution is 9.10. The Bertz CT molecular complexity index is 990. The zero-order chi connectivity index (χ0) is 18.0. The number of fused-ring (bicyclic) bond motifs is 1. The van der Waals surface area contributed by atoms with E-state index in [-0.39, 0.29) is 11.8 Å². The maximum atomic E-state index is 12.9. The number of halogens is 1. The number of hydrogen-bond donors (Lipinski definition) is 1. The van der Waals surface area contributed by atoms with Gasteiger partial charge < -0.3 is 9.67 Å². The van der Waals surface area contributed by atoms with Crippen molar-refractivity contribution in [3.05, 3.63) is 80.0 Å². The van der Waals surface area contributed by atoms with Gasteiger partial charge >= 0.3 is 5.97 Å². The van der Waals surface area contributed by atoms with Crippen LogP contribution in [0, 0.1) is 6.92 Å². The number of hydrogen-bond acceptors (Lipinski definition) is 2. The normalized spacial score (nSPS) is 11.0. The zero-order valence-corrected chi connectivity index (χ0v) is 15.4. The van der Waals surface area contributed by atoms with E-state index in [0.29, 0.717) is 23.9 Å². The molecule has 0 atom stereocenters. The Labute approximate surface area is 153 Å². The van der Waals surface area contributed by atoms with Gasteiger partial charge in [-0.05, 0) is 36.8 Å².